The summed E-state index contributed by atoms with van der Waals surface area (Å²) in [6.07, 6.45) is -3.29. The predicted octanol–water partition coefficient (Wildman–Crippen LogP) is 4.68. The first-order valence-electron chi connectivity index (χ1n) is 9.21. The Kier molecular flexibility index (Phi) is 5.31. The summed E-state index contributed by atoms with van der Waals surface area (Å²) in [6.45, 7) is 1.22. The molecule has 1 amide bonds. The topological polar surface area (TPSA) is 51.7 Å². The van der Waals surface area contributed by atoms with Crippen LogP contribution in [0.5, 0.6) is 11.5 Å². The highest BCUT2D eigenvalue weighted by atomic mass is 19.4. The molecule has 3 aromatic rings. The first-order chi connectivity index (χ1) is 14.4. The van der Waals surface area contributed by atoms with Crippen LogP contribution in [0.3, 0.4) is 0 Å². The van der Waals surface area contributed by atoms with Gasteiger partial charge in [0.05, 0.1) is 24.0 Å². The molecule has 0 atom stereocenters. The molecule has 0 saturated heterocycles. The maximum Gasteiger partial charge on any atom is 0.573 e. The molecule has 0 unspecified atom stereocenters. The fourth-order valence-electron chi connectivity index (χ4n) is 3.20. The molecule has 0 fully saturated rings. The van der Waals surface area contributed by atoms with Crippen LogP contribution in [0.1, 0.15) is 15.9 Å². The van der Waals surface area contributed by atoms with Crippen LogP contribution in [-0.4, -0.2) is 35.3 Å². The molecule has 5 nitrogen and oxygen atoms in total. The van der Waals surface area contributed by atoms with Gasteiger partial charge < -0.3 is 14.4 Å². The minimum absolute atomic E-state index is 0.188. The molecule has 2 aromatic carbocycles. The van der Waals surface area contributed by atoms with Crippen LogP contribution in [0.4, 0.5) is 13.2 Å². The number of hydrogen-bond acceptors (Lipinski definition) is 4. The van der Waals surface area contributed by atoms with E-state index >= 15 is 0 Å². The number of alkyl halides is 3. The summed E-state index contributed by atoms with van der Waals surface area (Å²) >= 11 is 0. The van der Waals surface area contributed by atoms with Gasteiger partial charge in [0.2, 0.25) is 0 Å². The number of hydrogen-bond donors (Lipinski definition) is 0. The second kappa shape index (κ2) is 8.06. The number of ether oxygens (including phenoxy) is 2. The molecule has 154 valence electrons. The average molecular weight is 414 g/mol. The molecule has 0 saturated carbocycles. The first-order valence-corrected chi connectivity index (χ1v) is 9.21. The van der Waals surface area contributed by atoms with Gasteiger partial charge in [0.25, 0.3) is 5.91 Å². The third-order valence-electron chi connectivity index (χ3n) is 4.60. The molecule has 2 heterocycles. The Hall–Kier alpha value is -3.55. The molecule has 1 aliphatic rings. The van der Waals surface area contributed by atoms with Crippen molar-refractivity contribution in [1.29, 1.82) is 0 Å². The zero-order valence-corrected chi connectivity index (χ0v) is 15.7. The van der Waals surface area contributed by atoms with E-state index in [9.17, 15) is 18.0 Å². The number of rotatable bonds is 4. The minimum atomic E-state index is -4.75. The van der Waals surface area contributed by atoms with Crippen molar-refractivity contribution in [3.8, 4) is 22.8 Å². The lowest BCUT2D eigenvalue weighted by molar-refractivity contribution is -0.274. The van der Waals surface area contributed by atoms with E-state index in [2.05, 4.69) is 9.72 Å². The number of pyridine rings is 1. The van der Waals surface area contributed by atoms with Gasteiger partial charge in [-0.1, -0.05) is 30.3 Å². The van der Waals surface area contributed by atoms with Crippen LogP contribution in [0, 0.1) is 0 Å². The van der Waals surface area contributed by atoms with Crippen molar-refractivity contribution in [3.63, 3.8) is 0 Å². The number of amides is 1. The van der Waals surface area contributed by atoms with E-state index < -0.39 is 6.36 Å². The summed E-state index contributed by atoms with van der Waals surface area (Å²) in [4.78, 5) is 19.1. The number of carbonyl (C=O) groups is 1. The van der Waals surface area contributed by atoms with Crippen molar-refractivity contribution in [2.24, 2.45) is 0 Å². The van der Waals surface area contributed by atoms with Crippen LogP contribution < -0.4 is 9.47 Å². The lowest BCUT2D eigenvalue weighted by Gasteiger charge is -2.20. The van der Waals surface area contributed by atoms with Crippen molar-refractivity contribution >= 4 is 5.91 Å². The predicted molar refractivity (Wildman–Crippen MR) is 103 cm³/mol. The van der Waals surface area contributed by atoms with E-state index in [1.165, 1.54) is 30.5 Å². The van der Waals surface area contributed by atoms with Gasteiger partial charge in [0.15, 0.2) is 0 Å². The van der Waals surface area contributed by atoms with Gasteiger partial charge in [-0.25, -0.2) is 0 Å². The Labute approximate surface area is 170 Å². The van der Waals surface area contributed by atoms with Crippen LogP contribution in [0.25, 0.3) is 11.3 Å². The Balaban J connectivity index is 1.59. The van der Waals surface area contributed by atoms with Crippen LogP contribution in [-0.2, 0) is 6.54 Å². The van der Waals surface area contributed by atoms with Gasteiger partial charge in [0.1, 0.15) is 18.1 Å². The second-order valence-electron chi connectivity index (χ2n) is 6.70. The highest BCUT2D eigenvalue weighted by molar-refractivity contribution is 5.98. The summed E-state index contributed by atoms with van der Waals surface area (Å²) in [5.74, 6) is -0.127. The van der Waals surface area contributed by atoms with Gasteiger partial charge >= 0.3 is 6.36 Å². The van der Waals surface area contributed by atoms with Crippen molar-refractivity contribution in [1.82, 2.24) is 9.88 Å². The first kappa shape index (κ1) is 19.8. The fraction of sp³-hybridized carbons (Fsp3) is 0.182. The normalized spacial score (nSPS) is 14.0. The zero-order chi connectivity index (χ0) is 21.1. The van der Waals surface area contributed by atoms with Crippen LogP contribution >= 0.6 is 0 Å². The third kappa shape index (κ3) is 4.53. The highest BCUT2D eigenvalue weighted by Crippen LogP contribution is 2.30. The van der Waals surface area contributed by atoms with Crippen LogP contribution in [0.2, 0.25) is 0 Å². The van der Waals surface area contributed by atoms with Crippen molar-refractivity contribution in [3.05, 3.63) is 78.0 Å². The molecular formula is C22H17F3N2O3. The Morgan fingerprint density at radius 3 is 2.50 bits per heavy atom. The van der Waals surface area contributed by atoms with E-state index in [4.69, 9.17) is 4.74 Å². The molecule has 4 rings (SSSR count). The smallest absolute Gasteiger partial charge is 0.489 e. The number of carbonyl (C=O) groups excluding carboxylic acids is 1. The maximum atomic E-state index is 13.1. The van der Waals surface area contributed by atoms with Gasteiger partial charge in [-0.3, -0.25) is 9.78 Å². The van der Waals surface area contributed by atoms with Crippen molar-refractivity contribution in [2.75, 3.05) is 13.2 Å². The molecular weight excluding hydrogens is 397 g/mol. The average Bonchev–Trinajstić information content (AvgIpc) is 2.87. The lowest BCUT2D eigenvalue weighted by atomic mass is 10.1. The summed E-state index contributed by atoms with van der Waals surface area (Å²) in [5.41, 5.74) is 2.37. The monoisotopic (exact) mass is 414 g/mol. The molecule has 0 radical (unpaired) electrons. The maximum absolute atomic E-state index is 13.1. The largest absolute Gasteiger partial charge is 0.573 e. The molecule has 0 N–H and O–H groups in total. The van der Waals surface area contributed by atoms with Gasteiger partial charge in [-0.15, -0.1) is 13.2 Å². The highest BCUT2D eigenvalue weighted by Gasteiger charge is 2.31. The quantitative estimate of drug-likeness (QED) is 0.622. The van der Waals surface area contributed by atoms with Gasteiger partial charge in [-0.05, 0) is 35.9 Å². The van der Waals surface area contributed by atoms with Crippen molar-refractivity contribution < 1.29 is 27.4 Å². The Morgan fingerprint density at radius 1 is 1.07 bits per heavy atom. The number of fused-ring (bicyclic) bond motifs is 1. The van der Waals surface area contributed by atoms with E-state index in [1.54, 1.807) is 11.0 Å². The molecule has 0 bridgehead atoms. The summed E-state index contributed by atoms with van der Waals surface area (Å²) < 4.78 is 46.6. The number of nitrogens with zero attached hydrogens (tertiary/aromatic N) is 2. The summed E-state index contributed by atoms with van der Waals surface area (Å²) in [5, 5.41) is 0. The van der Waals surface area contributed by atoms with E-state index in [-0.39, 0.29) is 11.7 Å². The van der Waals surface area contributed by atoms with Gasteiger partial charge in [0, 0.05) is 12.1 Å². The molecule has 1 aliphatic heterocycles. The molecule has 30 heavy (non-hydrogen) atoms. The van der Waals surface area contributed by atoms with Gasteiger partial charge in [-0.2, -0.15) is 0 Å². The van der Waals surface area contributed by atoms with E-state index in [1.807, 2.05) is 30.3 Å². The summed E-state index contributed by atoms with van der Waals surface area (Å²) in [7, 11) is 0. The van der Waals surface area contributed by atoms with Crippen LogP contribution in [0.15, 0.2) is 66.9 Å². The SMILES string of the molecule is O=C1c2cc(-c3ccc(OC(F)(F)F)cc3)ncc2OCCN1Cc1ccccc1. The Bertz CT molecular complexity index is 1040. The molecule has 8 heteroatoms. The Morgan fingerprint density at radius 2 is 1.80 bits per heavy atom. The second-order valence-corrected chi connectivity index (χ2v) is 6.70. The van der Waals surface area contributed by atoms with E-state index in [0.717, 1.165) is 5.56 Å². The lowest BCUT2D eigenvalue weighted by Crippen LogP contribution is -2.31. The van der Waals surface area contributed by atoms with Crippen molar-refractivity contribution in [2.45, 2.75) is 12.9 Å². The minimum Gasteiger partial charge on any atom is -0.489 e. The van der Waals surface area contributed by atoms with E-state index in [0.29, 0.717) is 42.3 Å². The standard InChI is InChI=1S/C22H17F3N2O3/c23-22(24,25)30-17-8-6-16(7-9-17)19-12-18-20(13-26-19)29-11-10-27(21(18)28)14-15-4-2-1-3-5-15/h1-9,12-13H,10-11,14H2. The third-order valence-corrected chi connectivity index (χ3v) is 4.60. The zero-order valence-electron chi connectivity index (χ0n) is 15.7. The molecule has 0 aliphatic carbocycles. The molecule has 1 aromatic heterocycles. The number of benzene rings is 2. The fourth-order valence-corrected chi connectivity index (χ4v) is 3.20. The number of halogens is 3. The molecule has 0 spiro atoms. The number of aromatic nitrogens is 1. The summed E-state index contributed by atoms with van der Waals surface area (Å²) in [6, 6.07) is 16.6.